The number of ether oxygens (including phenoxy) is 1. The lowest BCUT2D eigenvalue weighted by atomic mass is 10.2. The molecule has 0 amide bonds. The Hall–Kier alpha value is -0.470. The van der Waals surface area contributed by atoms with E-state index >= 15 is 0 Å². The van der Waals surface area contributed by atoms with Crippen LogP contribution >= 0.6 is 11.3 Å². The molecule has 1 aliphatic rings. The van der Waals surface area contributed by atoms with E-state index < -0.39 is 10.0 Å². The molecule has 21 heavy (non-hydrogen) atoms. The summed E-state index contributed by atoms with van der Waals surface area (Å²) in [6, 6.07) is 4.18. The first kappa shape index (κ1) is 16.9. The molecule has 0 radical (unpaired) electrons. The molecule has 2 N–H and O–H groups in total. The van der Waals surface area contributed by atoms with Crippen LogP contribution in [-0.4, -0.2) is 34.2 Å². The smallest absolute Gasteiger partial charge is 0.250 e. The second-order valence-corrected chi connectivity index (χ2v) is 8.90. The summed E-state index contributed by atoms with van der Waals surface area (Å²) in [7, 11) is -3.40. The molecule has 0 bridgehead atoms. The molecule has 0 spiro atoms. The van der Waals surface area contributed by atoms with Gasteiger partial charge >= 0.3 is 0 Å². The van der Waals surface area contributed by atoms with E-state index in [1.807, 2.05) is 6.07 Å². The van der Waals surface area contributed by atoms with Crippen molar-refractivity contribution in [1.29, 1.82) is 0 Å². The number of sulfonamides is 1. The fraction of sp³-hybridized carbons (Fsp3) is 0.714. The molecule has 1 saturated carbocycles. The van der Waals surface area contributed by atoms with Gasteiger partial charge in [0.1, 0.15) is 4.21 Å². The Labute approximate surface area is 131 Å². The van der Waals surface area contributed by atoms with Gasteiger partial charge in [-0.1, -0.05) is 13.8 Å². The molecular weight excluding hydrogens is 308 g/mol. The van der Waals surface area contributed by atoms with Crippen LogP contribution in [0.15, 0.2) is 16.3 Å². The third-order valence-corrected chi connectivity index (χ3v) is 6.07. The van der Waals surface area contributed by atoms with Crippen molar-refractivity contribution in [3.8, 4) is 0 Å². The van der Waals surface area contributed by atoms with Crippen LogP contribution in [0.25, 0.3) is 0 Å². The molecular formula is C14H24N2O3S2. The van der Waals surface area contributed by atoms with Crippen LogP contribution in [0.4, 0.5) is 0 Å². The average Bonchev–Trinajstić information content (AvgIpc) is 3.11. The molecule has 7 heteroatoms. The summed E-state index contributed by atoms with van der Waals surface area (Å²) < 4.78 is 32.6. The van der Waals surface area contributed by atoms with Gasteiger partial charge in [0, 0.05) is 30.6 Å². The predicted octanol–water partition coefficient (Wildman–Crippen LogP) is 1.95. The molecule has 1 aliphatic carbocycles. The van der Waals surface area contributed by atoms with Gasteiger partial charge in [0.25, 0.3) is 0 Å². The number of rotatable bonds is 10. The van der Waals surface area contributed by atoms with Crippen LogP contribution in [0.3, 0.4) is 0 Å². The minimum absolute atomic E-state index is 0.308. The second kappa shape index (κ2) is 7.69. The maximum Gasteiger partial charge on any atom is 0.250 e. The highest BCUT2D eigenvalue weighted by Gasteiger charge is 2.21. The summed E-state index contributed by atoms with van der Waals surface area (Å²) >= 11 is 1.32. The van der Waals surface area contributed by atoms with E-state index in [1.165, 1.54) is 24.2 Å². The van der Waals surface area contributed by atoms with Gasteiger partial charge in [-0.15, -0.1) is 11.3 Å². The van der Waals surface area contributed by atoms with Crippen LogP contribution in [0, 0.1) is 5.92 Å². The molecule has 1 aromatic heterocycles. The lowest BCUT2D eigenvalue weighted by Gasteiger charge is -2.07. The van der Waals surface area contributed by atoms with Gasteiger partial charge in [-0.2, -0.15) is 0 Å². The maximum atomic E-state index is 12.1. The van der Waals surface area contributed by atoms with Crippen molar-refractivity contribution in [2.45, 2.75) is 43.5 Å². The number of hydrogen-bond donors (Lipinski definition) is 2. The normalized spacial score (nSPS) is 15.8. The summed E-state index contributed by atoms with van der Waals surface area (Å²) in [5.74, 6) is 0.459. The van der Waals surface area contributed by atoms with E-state index in [0.29, 0.717) is 35.9 Å². The molecule has 1 aromatic rings. The van der Waals surface area contributed by atoms with Gasteiger partial charge in [0.15, 0.2) is 0 Å². The van der Waals surface area contributed by atoms with E-state index in [0.717, 1.165) is 11.4 Å². The quantitative estimate of drug-likeness (QED) is 0.643. The van der Waals surface area contributed by atoms with Gasteiger partial charge < -0.3 is 10.1 Å². The van der Waals surface area contributed by atoms with E-state index in [1.54, 1.807) is 6.07 Å². The molecule has 0 unspecified atom stereocenters. The van der Waals surface area contributed by atoms with Gasteiger partial charge in [-0.25, -0.2) is 13.1 Å². The van der Waals surface area contributed by atoms with Gasteiger partial charge in [-0.05, 0) is 30.9 Å². The molecule has 120 valence electrons. The molecule has 5 nitrogen and oxygen atoms in total. The van der Waals surface area contributed by atoms with Crippen molar-refractivity contribution in [3.63, 3.8) is 0 Å². The Morgan fingerprint density at radius 3 is 2.81 bits per heavy atom. The summed E-state index contributed by atoms with van der Waals surface area (Å²) in [6.07, 6.45) is 2.46. The first-order chi connectivity index (χ1) is 9.97. The van der Waals surface area contributed by atoms with Crippen molar-refractivity contribution in [3.05, 3.63) is 17.0 Å². The summed E-state index contributed by atoms with van der Waals surface area (Å²) in [5, 5.41) is 3.38. The van der Waals surface area contributed by atoms with Crippen molar-refractivity contribution in [2.24, 2.45) is 5.92 Å². The van der Waals surface area contributed by atoms with E-state index in [4.69, 9.17) is 4.74 Å². The van der Waals surface area contributed by atoms with Crippen molar-refractivity contribution in [2.75, 3.05) is 19.8 Å². The predicted molar refractivity (Wildman–Crippen MR) is 85.0 cm³/mol. The van der Waals surface area contributed by atoms with Crippen LogP contribution in [0.2, 0.25) is 0 Å². The molecule has 0 aromatic carbocycles. The molecule has 0 atom stereocenters. The Morgan fingerprint density at radius 2 is 2.14 bits per heavy atom. The zero-order chi connectivity index (χ0) is 15.3. The monoisotopic (exact) mass is 332 g/mol. The molecule has 0 aliphatic heterocycles. The molecule has 0 saturated heterocycles. The summed E-state index contributed by atoms with van der Waals surface area (Å²) in [6.45, 7) is 6.24. The van der Waals surface area contributed by atoms with Crippen molar-refractivity contribution in [1.82, 2.24) is 10.0 Å². The van der Waals surface area contributed by atoms with E-state index in [-0.39, 0.29) is 0 Å². The number of thiophene rings is 1. The van der Waals surface area contributed by atoms with E-state index in [9.17, 15) is 8.42 Å². The van der Waals surface area contributed by atoms with Gasteiger partial charge in [0.2, 0.25) is 10.0 Å². The van der Waals surface area contributed by atoms with Crippen molar-refractivity contribution >= 4 is 21.4 Å². The Balaban J connectivity index is 1.75. The minimum Gasteiger partial charge on any atom is -0.380 e. The highest BCUT2D eigenvalue weighted by molar-refractivity contribution is 7.91. The maximum absolute atomic E-state index is 12.1. The third kappa shape index (κ3) is 6.04. The van der Waals surface area contributed by atoms with Crippen LogP contribution in [0.5, 0.6) is 0 Å². The Morgan fingerprint density at radius 1 is 1.38 bits per heavy atom. The van der Waals surface area contributed by atoms with Crippen molar-refractivity contribution < 1.29 is 13.2 Å². The lowest BCUT2D eigenvalue weighted by molar-refractivity contribution is 0.114. The molecule has 2 rings (SSSR count). The standard InChI is InChI=1S/C14H24N2O3S2/c1-11(2)10-19-8-7-16-21(17,18)14-6-5-13(20-14)9-15-12-3-4-12/h5-6,11-12,15-16H,3-4,7-10H2,1-2H3. The number of nitrogens with one attached hydrogen (secondary N) is 2. The molecule has 1 fully saturated rings. The zero-order valence-electron chi connectivity index (χ0n) is 12.6. The summed E-state index contributed by atoms with van der Waals surface area (Å²) in [4.78, 5) is 1.05. The minimum atomic E-state index is -3.40. The highest BCUT2D eigenvalue weighted by Crippen LogP contribution is 2.24. The number of hydrogen-bond acceptors (Lipinski definition) is 5. The lowest BCUT2D eigenvalue weighted by Crippen LogP contribution is -2.27. The zero-order valence-corrected chi connectivity index (χ0v) is 14.2. The first-order valence-corrected chi connectivity index (χ1v) is 9.67. The third-order valence-electron chi connectivity index (χ3n) is 3.03. The summed E-state index contributed by atoms with van der Waals surface area (Å²) in [5.41, 5.74) is 0. The van der Waals surface area contributed by atoms with Crippen LogP contribution in [0.1, 0.15) is 31.6 Å². The molecule has 1 heterocycles. The van der Waals surface area contributed by atoms with Gasteiger partial charge in [-0.3, -0.25) is 0 Å². The van der Waals surface area contributed by atoms with Crippen LogP contribution in [-0.2, 0) is 21.3 Å². The second-order valence-electron chi connectivity index (χ2n) is 5.74. The fourth-order valence-electron chi connectivity index (χ4n) is 1.77. The largest absolute Gasteiger partial charge is 0.380 e. The van der Waals surface area contributed by atoms with Gasteiger partial charge in [0.05, 0.1) is 6.61 Å². The SMILES string of the molecule is CC(C)COCCNS(=O)(=O)c1ccc(CNC2CC2)s1. The first-order valence-electron chi connectivity index (χ1n) is 7.37. The highest BCUT2D eigenvalue weighted by atomic mass is 32.2. The Kier molecular flexibility index (Phi) is 6.19. The fourth-order valence-corrected chi connectivity index (χ4v) is 4.13. The van der Waals surface area contributed by atoms with E-state index in [2.05, 4.69) is 23.9 Å². The topological polar surface area (TPSA) is 67.4 Å². The Bertz CT molecular complexity index is 536. The van der Waals surface area contributed by atoms with Crippen LogP contribution < -0.4 is 10.0 Å². The average molecular weight is 332 g/mol.